The van der Waals surface area contributed by atoms with E-state index in [9.17, 15) is 8.78 Å². The Balaban J connectivity index is 2.44. The van der Waals surface area contributed by atoms with Gasteiger partial charge in [0.15, 0.2) is 0 Å². The lowest BCUT2D eigenvalue weighted by molar-refractivity contribution is 0.619. The number of alkyl halides is 1. The third kappa shape index (κ3) is 2.92. The van der Waals surface area contributed by atoms with Gasteiger partial charge in [0.05, 0.1) is 9.85 Å². The quantitative estimate of drug-likeness (QED) is 0.561. The summed E-state index contributed by atoms with van der Waals surface area (Å²) >= 11 is 12.7. The van der Waals surface area contributed by atoms with Gasteiger partial charge in [-0.1, -0.05) is 22.0 Å². The lowest BCUT2D eigenvalue weighted by atomic mass is 10.0. The van der Waals surface area contributed by atoms with Crippen LogP contribution in [0.5, 0.6) is 0 Å². The first-order valence-corrected chi connectivity index (χ1v) is 7.05. The molecule has 0 spiro atoms. The summed E-state index contributed by atoms with van der Waals surface area (Å²) in [6, 6.07) is 8.79. The predicted octanol–water partition coefficient (Wildman–Crippen LogP) is 5.82. The summed E-state index contributed by atoms with van der Waals surface area (Å²) in [6.45, 7) is 0. The van der Waals surface area contributed by atoms with Gasteiger partial charge in [-0.3, -0.25) is 0 Å². The van der Waals surface area contributed by atoms with Gasteiger partial charge in [-0.2, -0.15) is 0 Å². The van der Waals surface area contributed by atoms with Crippen LogP contribution in [0.4, 0.5) is 8.78 Å². The van der Waals surface area contributed by atoms with Gasteiger partial charge in [0.25, 0.3) is 0 Å². The van der Waals surface area contributed by atoms with Gasteiger partial charge >= 0.3 is 0 Å². The molecule has 0 aliphatic heterocycles. The molecule has 0 nitrogen and oxygen atoms in total. The normalized spacial score (nSPS) is 12.5. The topological polar surface area (TPSA) is 0 Å². The van der Waals surface area contributed by atoms with Crippen molar-refractivity contribution >= 4 is 43.5 Å². The standard InChI is InChI=1S/C13H7Br2ClF2/c14-10-3-2-8(17)6-9(10)13(16)7-1-4-12(18)11(15)5-7/h1-6,13H. The number of benzene rings is 2. The van der Waals surface area contributed by atoms with Crippen LogP contribution in [0, 0.1) is 11.6 Å². The fourth-order valence-electron chi connectivity index (χ4n) is 1.56. The number of hydrogen-bond acceptors (Lipinski definition) is 0. The highest BCUT2D eigenvalue weighted by molar-refractivity contribution is 9.10. The Labute approximate surface area is 125 Å². The molecule has 0 N–H and O–H groups in total. The molecule has 0 saturated heterocycles. The maximum absolute atomic E-state index is 13.2. The molecule has 2 aromatic rings. The Morgan fingerprint density at radius 1 is 0.944 bits per heavy atom. The summed E-state index contributed by atoms with van der Waals surface area (Å²) < 4.78 is 27.4. The van der Waals surface area contributed by atoms with Crippen molar-refractivity contribution in [3.63, 3.8) is 0 Å². The number of halogens is 5. The molecule has 1 unspecified atom stereocenters. The molecule has 0 radical (unpaired) electrons. The minimum Gasteiger partial charge on any atom is -0.207 e. The molecular formula is C13H7Br2ClF2. The lowest BCUT2D eigenvalue weighted by Gasteiger charge is -2.13. The van der Waals surface area contributed by atoms with Crippen LogP contribution in [-0.2, 0) is 0 Å². The van der Waals surface area contributed by atoms with E-state index in [2.05, 4.69) is 31.9 Å². The SMILES string of the molecule is Fc1ccc(Br)c(C(Cl)c2ccc(F)c(Br)c2)c1. The second-order valence-electron chi connectivity index (χ2n) is 3.70. The van der Waals surface area contributed by atoms with E-state index < -0.39 is 5.38 Å². The van der Waals surface area contributed by atoms with E-state index in [-0.39, 0.29) is 11.6 Å². The molecule has 0 saturated carbocycles. The molecule has 0 aromatic heterocycles. The van der Waals surface area contributed by atoms with Gasteiger partial charge in [0.1, 0.15) is 11.6 Å². The van der Waals surface area contributed by atoms with Crippen LogP contribution in [-0.4, -0.2) is 0 Å². The van der Waals surface area contributed by atoms with Crippen LogP contribution in [0.2, 0.25) is 0 Å². The lowest BCUT2D eigenvalue weighted by Crippen LogP contribution is -1.96. The van der Waals surface area contributed by atoms with Crippen molar-refractivity contribution in [1.29, 1.82) is 0 Å². The van der Waals surface area contributed by atoms with Gasteiger partial charge in [-0.05, 0) is 57.4 Å². The fraction of sp³-hybridized carbons (Fsp3) is 0.0769. The Hall–Kier alpha value is -0.450. The molecule has 5 heteroatoms. The maximum Gasteiger partial charge on any atom is 0.137 e. The van der Waals surface area contributed by atoms with Crippen LogP contribution < -0.4 is 0 Å². The van der Waals surface area contributed by atoms with Crippen molar-refractivity contribution in [2.45, 2.75) is 5.38 Å². The zero-order valence-corrected chi connectivity index (χ0v) is 12.9. The molecule has 0 fully saturated rings. The fourth-order valence-corrected chi connectivity index (χ4v) is 2.88. The molecule has 0 amide bonds. The van der Waals surface area contributed by atoms with E-state index in [1.165, 1.54) is 18.2 Å². The average molecular weight is 396 g/mol. The largest absolute Gasteiger partial charge is 0.207 e. The highest BCUT2D eigenvalue weighted by atomic mass is 79.9. The van der Waals surface area contributed by atoms with Gasteiger partial charge in [-0.25, -0.2) is 8.78 Å². The molecule has 2 aromatic carbocycles. The van der Waals surface area contributed by atoms with Gasteiger partial charge in [0, 0.05) is 4.47 Å². The van der Waals surface area contributed by atoms with Crippen molar-refractivity contribution in [3.8, 4) is 0 Å². The van der Waals surface area contributed by atoms with Gasteiger partial charge in [-0.15, -0.1) is 11.6 Å². The predicted molar refractivity (Wildman–Crippen MR) is 75.9 cm³/mol. The van der Waals surface area contributed by atoms with Crippen molar-refractivity contribution in [1.82, 2.24) is 0 Å². The van der Waals surface area contributed by atoms with E-state index in [0.717, 1.165) is 0 Å². The monoisotopic (exact) mass is 394 g/mol. The Bertz CT molecular complexity index is 587. The molecule has 0 heterocycles. The second-order valence-corrected chi connectivity index (χ2v) is 5.85. The first kappa shape index (κ1) is 14.0. The number of rotatable bonds is 2. The van der Waals surface area contributed by atoms with Gasteiger partial charge < -0.3 is 0 Å². The average Bonchev–Trinajstić information content (AvgIpc) is 2.35. The zero-order valence-electron chi connectivity index (χ0n) is 8.93. The third-order valence-electron chi connectivity index (χ3n) is 2.47. The van der Waals surface area contributed by atoms with Crippen LogP contribution in [0.15, 0.2) is 45.3 Å². The van der Waals surface area contributed by atoms with Crippen molar-refractivity contribution < 1.29 is 8.78 Å². The molecule has 0 bridgehead atoms. The Kier molecular flexibility index (Phi) is 4.41. The summed E-state index contributed by atoms with van der Waals surface area (Å²) in [5, 5.41) is -0.549. The minimum atomic E-state index is -0.549. The van der Waals surface area contributed by atoms with Crippen molar-refractivity contribution in [2.24, 2.45) is 0 Å². The van der Waals surface area contributed by atoms with Gasteiger partial charge in [0.2, 0.25) is 0 Å². The van der Waals surface area contributed by atoms with Crippen LogP contribution in [0.25, 0.3) is 0 Å². The molecule has 0 aliphatic rings. The van der Waals surface area contributed by atoms with Crippen LogP contribution in [0.3, 0.4) is 0 Å². The number of hydrogen-bond donors (Lipinski definition) is 0. The Morgan fingerprint density at radius 2 is 1.67 bits per heavy atom. The molecule has 94 valence electrons. The first-order chi connectivity index (χ1) is 8.49. The highest BCUT2D eigenvalue weighted by Crippen LogP contribution is 2.35. The highest BCUT2D eigenvalue weighted by Gasteiger charge is 2.16. The summed E-state index contributed by atoms with van der Waals surface area (Å²) in [5.41, 5.74) is 1.30. The minimum absolute atomic E-state index is 0.332. The van der Waals surface area contributed by atoms with Crippen LogP contribution in [0.1, 0.15) is 16.5 Å². The Morgan fingerprint density at radius 3 is 2.33 bits per heavy atom. The summed E-state index contributed by atoms with van der Waals surface area (Å²) in [4.78, 5) is 0. The molecule has 18 heavy (non-hydrogen) atoms. The van der Waals surface area contributed by atoms with E-state index in [4.69, 9.17) is 11.6 Å². The summed E-state index contributed by atoms with van der Waals surface area (Å²) in [5.74, 6) is -0.721. The smallest absolute Gasteiger partial charge is 0.137 e. The van der Waals surface area contributed by atoms with E-state index in [1.807, 2.05) is 0 Å². The van der Waals surface area contributed by atoms with E-state index in [0.29, 0.717) is 20.1 Å². The van der Waals surface area contributed by atoms with E-state index in [1.54, 1.807) is 18.2 Å². The zero-order chi connectivity index (χ0) is 13.3. The molecular weight excluding hydrogens is 389 g/mol. The molecule has 2 rings (SSSR count). The summed E-state index contributed by atoms with van der Waals surface area (Å²) in [6.07, 6.45) is 0. The van der Waals surface area contributed by atoms with Crippen molar-refractivity contribution in [2.75, 3.05) is 0 Å². The molecule has 1 atom stereocenters. The summed E-state index contributed by atoms with van der Waals surface area (Å²) in [7, 11) is 0. The van der Waals surface area contributed by atoms with E-state index >= 15 is 0 Å². The van der Waals surface area contributed by atoms with Crippen molar-refractivity contribution in [3.05, 3.63) is 68.1 Å². The first-order valence-electron chi connectivity index (χ1n) is 5.03. The molecule has 0 aliphatic carbocycles. The maximum atomic E-state index is 13.2. The second kappa shape index (κ2) is 5.68. The third-order valence-corrected chi connectivity index (χ3v) is 4.28. The van der Waals surface area contributed by atoms with Crippen LogP contribution >= 0.6 is 43.5 Å².